The lowest BCUT2D eigenvalue weighted by Gasteiger charge is -2.16. The van der Waals surface area contributed by atoms with Gasteiger partial charge in [-0.2, -0.15) is 9.97 Å². The molecule has 9 aromatic rings. The second kappa shape index (κ2) is 9.18. The first-order valence-corrected chi connectivity index (χ1v) is 15.2. The molecule has 0 aliphatic heterocycles. The van der Waals surface area contributed by atoms with Crippen molar-refractivity contribution in [2.24, 2.45) is 0 Å². The van der Waals surface area contributed by atoms with Gasteiger partial charge in [-0.3, -0.25) is 4.57 Å². The lowest BCUT2D eigenvalue weighted by Crippen LogP contribution is -2.06. The fourth-order valence-electron chi connectivity index (χ4n) is 7.32. The molecule has 10 rings (SSSR count). The van der Waals surface area contributed by atoms with Crippen LogP contribution in [-0.4, -0.2) is 19.5 Å². The van der Waals surface area contributed by atoms with Crippen molar-refractivity contribution in [1.82, 2.24) is 19.5 Å². The minimum absolute atomic E-state index is 0.607. The Morgan fingerprint density at radius 1 is 0.356 bits per heavy atom. The summed E-state index contributed by atoms with van der Waals surface area (Å²) >= 11 is 0. The molecule has 7 aromatic carbocycles. The zero-order valence-electron chi connectivity index (χ0n) is 24.1. The van der Waals surface area contributed by atoms with E-state index in [0.29, 0.717) is 17.6 Å². The quantitative estimate of drug-likeness (QED) is 0.198. The van der Waals surface area contributed by atoms with Crippen molar-refractivity contribution in [2.75, 3.05) is 0 Å². The number of hydrogen-bond donors (Lipinski definition) is 0. The molecule has 1 aliphatic rings. The summed E-state index contributed by atoms with van der Waals surface area (Å²) in [7, 11) is 0. The fraction of sp³-hybridized carbons (Fsp3) is 0. The lowest BCUT2D eigenvalue weighted by atomic mass is 9.91. The first kappa shape index (κ1) is 24.3. The van der Waals surface area contributed by atoms with Gasteiger partial charge in [-0.1, -0.05) is 140 Å². The molecule has 0 spiro atoms. The summed E-state index contributed by atoms with van der Waals surface area (Å²) in [6.07, 6.45) is 0. The van der Waals surface area contributed by atoms with Crippen LogP contribution in [0, 0.1) is 0 Å². The monoisotopic (exact) mass is 572 g/mol. The van der Waals surface area contributed by atoms with Crippen molar-refractivity contribution in [3.05, 3.63) is 146 Å². The van der Waals surface area contributed by atoms with E-state index in [-0.39, 0.29) is 0 Å². The van der Waals surface area contributed by atoms with Gasteiger partial charge in [-0.05, 0) is 39.1 Å². The molecule has 4 heteroatoms. The molecule has 1 aliphatic carbocycles. The maximum absolute atomic E-state index is 5.21. The molecule has 208 valence electrons. The minimum atomic E-state index is 0.607. The number of hydrogen-bond acceptors (Lipinski definition) is 3. The second-order valence-corrected chi connectivity index (χ2v) is 11.6. The van der Waals surface area contributed by atoms with E-state index < -0.39 is 0 Å². The molecule has 45 heavy (non-hydrogen) atoms. The standard InChI is InChI=1S/C41H24N4/c1-3-13-25(14-4-1)39-42-40(26-15-5-2-6-16-26)44-41(43-39)45-34-24-12-23-32-28-18-8-7-17-27(28)30-21-11-22-31-29-19-9-10-20-33(29)38(45)37(35(30)31)36(32)34/h1-24H. The molecule has 0 saturated carbocycles. The summed E-state index contributed by atoms with van der Waals surface area (Å²) in [5, 5.41) is 7.38. The number of aromatic nitrogens is 4. The predicted molar refractivity (Wildman–Crippen MR) is 184 cm³/mol. The minimum Gasteiger partial charge on any atom is -0.277 e. The average Bonchev–Trinajstić information content (AvgIpc) is 3.41. The lowest BCUT2D eigenvalue weighted by molar-refractivity contribution is 0.955. The Morgan fingerprint density at radius 2 is 0.867 bits per heavy atom. The van der Waals surface area contributed by atoms with Crippen molar-refractivity contribution in [1.29, 1.82) is 0 Å². The van der Waals surface area contributed by atoms with Gasteiger partial charge in [0.15, 0.2) is 11.6 Å². The zero-order valence-corrected chi connectivity index (χ0v) is 24.1. The van der Waals surface area contributed by atoms with Gasteiger partial charge in [0, 0.05) is 32.7 Å². The smallest absolute Gasteiger partial charge is 0.238 e. The van der Waals surface area contributed by atoms with Crippen molar-refractivity contribution in [2.45, 2.75) is 0 Å². The third-order valence-corrected chi connectivity index (χ3v) is 9.18. The molecule has 0 saturated heterocycles. The van der Waals surface area contributed by atoms with E-state index in [9.17, 15) is 0 Å². The third-order valence-electron chi connectivity index (χ3n) is 9.18. The zero-order chi connectivity index (χ0) is 29.5. The Balaban J connectivity index is 1.45. The fourth-order valence-corrected chi connectivity index (χ4v) is 7.32. The van der Waals surface area contributed by atoms with Crippen LogP contribution in [0.1, 0.15) is 0 Å². The van der Waals surface area contributed by atoms with Crippen LogP contribution in [0.4, 0.5) is 0 Å². The second-order valence-electron chi connectivity index (χ2n) is 11.6. The first-order valence-electron chi connectivity index (χ1n) is 15.2. The topological polar surface area (TPSA) is 43.6 Å². The Kier molecular flexibility index (Phi) is 4.96. The van der Waals surface area contributed by atoms with Crippen molar-refractivity contribution < 1.29 is 0 Å². The van der Waals surface area contributed by atoms with E-state index in [2.05, 4.69) is 114 Å². The van der Waals surface area contributed by atoms with Crippen LogP contribution in [0.5, 0.6) is 0 Å². The van der Waals surface area contributed by atoms with Crippen molar-refractivity contribution in [3.63, 3.8) is 0 Å². The van der Waals surface area contributed by atoms with Gasteiger partial charge in [0.05, 0.1) is 11.0 Å². The summed E-state index contributed by atoms with van der Waals surface area (Å²) < 4.78 is 2.28. The van der Waals surface area contributed by atoms with Crippen LogP contribution in [0.2, 0.25) is 0 Å². The van der Waals surface area contributed by atoms with Crippen LogP contribution < -0.4 is 0 Å². The van der Waals surface area contributed by atoms with Gasteiger partial charge in [-0.15, -0.1) is 0 Å². The van der Waals surface area contributed by atoms with Crippen LogP contribution >= 0.6 is 0 Å². The van der Waals surface area contributed by atoms with E-state index in [1.54, 1.807) is 0 Å². The number of benzene rings is 7. The van der Waals surface area contributed by atoms with Crippen LogP contribution in [-0.2, 0) is 0 Å². The molecule has 0 fully saturated rings. The molecule has 0 amide bonds. The summed E-state index contributed by atoms with van der Waals surface area (Å²) in [5.41, 5.74) is 9.06. The highest BCUT2D eigenvalue weighted by atomic mass is 15.2. The van der Waals surface area contributed by atoms with Crippen LogP contribution in [0.3, 0.4) is 0 Å². The Labute approximate surface area is 258 Å². The molecule has 0 N–H and O–H groups in total. The molecule has 4 nitrogen and oxygen atoms in total. The summed E-state index contributed by atoms with van der Waals surface area (Å²) in [5.74, 6) is 1.90. The highest BCUT2D eigenvalue weighted by Gasteiger charge is 2.27. The van der Waals surface area contributed by atoms with Crippen molar-refractivity contribution >= 4 is 43.4 Å². The summed E-state index contributed by atoms with van der Waals surface area (Å²) in [6.45, 7) is 0. The molecule has 2 heterocycles. The van der Waals surface area contributed by atoms with E-state index in [1.807, 2.05) is 36.4 Å². The van der Waals surface area contributed by atoms with Gasteiger partial charge >= 0.3 is 0 Å². The van der Waals surface area contributed by atoms with Gasteiger partial charge in [0.2, 0.25) is 5.95 Å². The maximum Gasteiger partial charge on any atom is 0.238 e. The van der Waals surface area contributed by atoms with E-state index in [0.717, 1.165) is 22.2 Å². The molecule has 0 bridgehead atoms. The number of fused-ring (bicyclic) bond motifs is 6. The number of rotatable bonds is 3. The van der Waals surface area contributed by atoms with Gasteiger partial charge in [0.25, 0.3) is 0 Å². The summed E-state index contributed by atoms with van der Waals surface area (Å²) in [4.78, 5) is 15.4. The van der Waals surface area contributed by atoms with Crippen molar-refractivity contribution in [3.8, 4) is 51.0 Å². The van der Waals surface area contributed by atoms with Crippen LogP contribution in [0.25, 0.3) is 94.3 Å². The van der Waals surface area contributed by atoms with E-state index in [1.165, 1.54) is 54.6 Å². The van der Waals surface area contributed by atoms with E-state index >= 15 is 0 Å². The SMILES string of the molecule is c1ccc(-c2nc(-c3ccccc3)nc(-n3c4cccc5c4c4c6c(cccc6c6ccccc6c43)-c3ccccc3-5)n2)cc1. The molecule has 0 atom stereocenters. The Morgan fingerprint density at radius 3 is 1.53 bits per heavy atom. The first-order chi connectivity index (χ1) is 22.3. The van der Waals surface area contributed by atoms with Gasteiger partial charge in [-0.25, -0.2) is 4.98 Å². The summed E-state index contributed by atoms with van der Waals surface area (Å²) in [6, 6.07) is 51.3. The highest BCUT2D eigenvalue weighted by Crippen LogP contribution is 2.51. The van der Waals surface area contributed by atoms with Crippen LogP contribution in [0.15, 0.2) is 146 Å². The predicted octanol–water partition coefficient (Wildman–Crippen LogP) is 10.3. The van der Waals surface area contributed by atoms with Gasteiger partial charge < -0.3 is 0 Å². The molecule has 0 unspecified atom stereocenters. The largest absolute Gasteiger partial charge is 0.277 e. The molecule has 0 radical (unpaired) electrons. The molecular formula is C41H24N4. The van der Waals surface area contributed by atoms with E-state index in [4.69, 9.17) is 15.0 Å². The molecule has 2 aromatic heterocycles. The Bertz CT molecular complexity index is 2580. The number of nitrogens with zero attached hydrogens (tertiary/aromatic N) is 4. The Hall–Kier alpha value is -6.13. The third kappa shape index (κ3) is 3.39. The normalized spacial score (nSPS) is 12.0. The van der Waals surface area contributed by atoms with Gasteiger partial charge in [0.1, 0.15) is 0 Å². The maximum atomic E-state index is 5.21. The average molecular weight is 573 g/mol. The highest BCUT2D eigenvalue weighted by molar-refractivity contribution is 6.37. The molecular weight excluding hydrogens is 548 g/mol.